The number of fused-ring (bicyclic) bond motifs is 2. The molecule has 2 unspecified atom stereocenters. The lowest BCUT2D eigenvalue weighted by Crippen LogP contribution is -2.46. The first-order valence-corrected chi connectivity index (χ1v) is 13.5. The van der Waals surface area contributed by atoms with E-state index in [2.05, 4.69) is 77.7 Å². The lowest BCUT2D eigenvalue weighted by molar-refractivity contribution is 0.0931. The number of ketones is 1. The minimum atomic E-state index is -0.580. The normalized spacial score (nSPS) is 18.3. The molecule has 0 fully saturated rings. The molecule has 0 saturated carbocycles. The van der Waals surface area contributed by atoms with Crippen molar-refractivity contribution >= 4 is 16.8 Å². The summed E-state index contributed by atoms with van der Waals surface area (Å²) in [6, 6.07) is 30.7. The summed E-state index contributed by atoms with van der Waals surface area (Å²) in [5, 5.41) is 9.43. The fourth-order valence-electron chi connectivity index (χ4n) is 6.17. The second-order valence-electron chi connectivity index (χ2n) is 11.5. The molecule has 3 heterocycles. The molecule has 0 bridgehead atoms. The van der Waals surface area contributed by atoms with E-state index in [1.54, 1.807) is 0 Å². The maximum Gasteiger partial charge on any atom is 0.163 e. The molecule has 2 aromatic heterocycles. The molecule has 5 heteroatoms. The van der Waals surface area contributed by atoms with E-state index >= 15 is 0 Å². The highest BCUT2D eigenvalue weighted by molar-refractivity contribution is 5.96. The van der Waals surface area contributed by atoms with Crippen molar-refractivity contribution in [2.45, 2.75) is 63.5 Å². The molecule has 1 aliphatic heterocycles. The van der Waals surface area contributed by atoms with E-state index in [0.29, 0.717) is 6.42 Å². The molecular weight excluding hydrogens is 468 g/mol. The van der Waals surface area contributed by atoms with Crippen LogP contribution in [0.3, 0.4) is 0 Å². The zero-order valence-electron chi connectivity index (χ0n) is 22.3. The third kappa shape index (κ3) is 4.07. The second-order valence-corrected chi connectivity index (χ2v) is 11.5. The van der Waals surface area contributed by atoms with E-state index in [-0.39, 0.29) is 17.1 Å². The Hall–Kier alpha value is -3.99. The Morgan fingerprint density at radius 3 is 2.37 bits per heavy atom. The number of hydrogen-bond acceptors (Lipinski definition) is 3. The SMILES string of the molecule is CC(C)(C)c1cc2n(c1)CCCC2(C(CC(=O)c1ccccc1)c1ccccc1)n1nnc2ccccc21. The van der Waals surface area contributed by atoms with Gasteiger partial charge in [0.1, 0.15) is 11.1 Å². The Labute approximate surface area is 224 Å². The zero-order chi connectivity index (χ0) is 26.3. The van der Waals surface area contributed by atoms with Gasteiger partial charge in [-0.2, -0.15) is 0 Å². The highest BCUT2D eigenvalue weighted by Gasteiger charge is 2.49. The van der Waals surface area contributed by atoms with E-state index in [0.717, 1.165) is 41.5 Å². The van der Waals surface area contributed by atoms with Gasteiger partial charge in [-0.1, -0.05) is 98.8 Å². The average Bonchev–Trinajstić information content (AvgIpc) is 3.58. The van der Waals surface area contributed by atoms with Crippen LogP contribution in [0.25, 0.3) is 11.0 Å². The number of aryl methyl sites for hydroxylation is 1. The monoisotopic (exact) mass is 502 g/mol. The van der Waals surface area contributed by atoms with Crippen LogP contribution in [0.1, 0.15) is 73.1 Å². The van der Waals surface area contributed by atoms with Gasteiger partial charge in [0.05, 0.1) is 5.52 Å². The van der Waals surface area contributed by atoms with Crippen molar-refractivity contribution in [1.29, 1.82) is 0 Å². The molecule has 1 aliphatic rings. The first-order valence-electron chi connectivity index (χ1n) is 13.5. The van der Waals surface area contributed by atoms with Crippen LogP contribution in [0.4, 0.5) is 0 Å². The molecule has 192 valence electrons. The van der Waals surface area contributed by atoms with Crippen LogP contribution in [0.2, 0.25) is 0 Å². The predicted octanol–water partition coefficient (Wildman–Crippen LogP) is 7.12. The van der Waals surface area contributed by atoms with Gasteiger partial charge in [0.2, 0.25) is 0 Å². The van der Waals surface area contributed by atoms with Crippen molar-refractivity contribution in [2.24, 2.45) is 0 Å². The summed E-state index contributed by atoms with van der Waals surface area (Å²) in [6.07, 6.45) is 4.54. The Kier molecular flexibility index (Phi) is 6.02. The van der Waals surface area contributed by atoms with Crippen LogP contribution >= 0.6 is 0 Å². The molecule has 0 aliphatic carbocycles. The predicted molar refractivity (Wildman–Crippen MR) is 152 cm³/mol. The fourth-order valence-corrected chi connectivity index (χ4v) is 6.17. The average molecular weight is 503 g/mol. The molecule has 5 nitrogen and oxygen atoms in total. The van der Waals surface area contributed by atoms with Gasteiger partial charge >= 0.3 is 0 Å². The standard InChI is InChI=1S/C33H34N4O/c1-32(2,3)26-21-31-33(19-12-20-36(31)23-26,37-29-18-11-10-17-28(29)34-35-37)27(24-13-6-4-7-14-24)22-30(38)25-15-8-5-9-16-25/h4-11,13-18,21,23,27H,12,19-20,22H2,1-3H3. The number of aromatic nitrogens is 4. The summed E-state index contributed by atoms with van der Waals surface area (Å²) < 4.78 is 4.54. The minimum absolute atomic E-state index is 0.00260. The third-order valence-corrected chi connectivity index (χ3v) is 8.16. The third-order valence-electron chi connectivity index (χ3n) is 8.16. The van der Waals surface area contributed by atoms with E-state index in [1.165, 1.54) is 11.3 Å². The van der Waals surface area contributed by atoms with Gasteiger partial charge in [0, 0.05) is 36.3 Å². The minimum Gasteiger partial charge on any atom is -0.349 e. The topological polar surface area (TPSA) is 52.7 Å². The van der Waals surface area contributed by atoms with Crippen LogP contribution in [0, 0.1) is 0 Å². The van der Waals surface area contributed by atoms with Gasteiger partial charge in [-0.15, -0.1) is 5.10 Å². The summed E-state index contributed by atoms with van der Waals surface area (Å²) in [7, 11) is 0. The summed E-state index contributed by atoms with van der Waals surface area (Å²) >= 11 is 0. The van der Waals surface area contributed by atoms with E-state index in [1.807, 2.05) is 54.6 Å². The largest absolute Gasteiger partial charge is 0.349 e. The van der Waals surface area contributed by atoms with Crippen LogP contribution in [0.5, 0.6) is 0 Å². The lowest BCUT2D eigenvalue weighted by Gasteiger charge is -2.44. The molecule has 5 aromatic rings. The number of hydrogen-bond donors (Lipinski definition) is 0. The Morgan fingerprint density at radius 1 is 0.947 bits per heavy atom. The van der Waals surface area contributed by atoms with Gasteiger partial charge in [0.25, 0.3) is 0 Å². The number of rotatable bonds is 6. The van der Waals surface area contributed by atoms with Gasteiger partial charge in [0.15, 0.2) is 5.78 Å². The van der Waals surface area contributed by atoms with Gasteiger partial charge in [-0.3, -0.25) is 4.79 Å². The summed E-state index contributed by atoms with van der Waals surface area (Å²) in [5.41, 5.74) is 5.67. The fraction of sp³-hybridized carbons (Fsp3) is 0.303. The number of carbonyl (C=O) groups is 1. The Morgan fingerprint density at radius 2 is 1.63 bits per heavy atom. The number of benzene rings is 3. The molecule has 0 N–H and O–H groups in total. The summed E-state index contributed by atoms with van der Waals surface area (Å²) in [6.45, 7) is 7.73. The van der Waals surface area contributed by atoms with Gasteiger partial charge < -0.3 is 4.57 Å². The zero-order valence-corrected chi connectivity index (χ0v) is 22.3. The number of para-hydroxylation sites is 1. The molecule has 2 atom stereocenters. The van der Waals surface area contributed by atoms with Crippen LogP contribution in [-0.2, 0) is 17.5 Å². The smallest absolute Gasteiger partial charge is 0.163 e. The Balaban J connectivity index is 1.63. The Bertz CT molecular complexity index is 1580. The molecule has 6 rings (SSSR count). The van der Waals surface area contributed by atoms with Crippen LogP contribution < -0.4 is 0 Å². The number of Topliss-reactive ketones (excluding diaryl/α,β-unsaturated/α-hetero) is 1. The lowest BCUT2D eigenvalue weighted by atomic mass is 9.69. The van der Waals surface area contributed by atoms with Crippen LogP contribution in [0.15, 0.2) is 97.2 Å². The molecule has 0 amide bonds. The second kappa shape index (κ2) is 9.39. The first-order chi connectivity index (χ1) is 18.4. The van der Waals surface area contributed by atoms with Crippen LogP contribution in [-0.4, -0.2) is 25.3 Å². The van der Waals surface area contributed by atoms with Crippen molar-refractivity contribution in [3.8, 4) is 0 Å². The highest BCUT2D eigenvalue weighted by Crippen LogP contribution is 2.50. The number of nitrogens with zero attached hydrogens (tertiary/aromatic N) is 4. The molecule has 0 spiro atoms. The van der Waals surface area contributed by atoms with Crippen molar-refractivity contribution in [3.63, 3.8) is 0 Å². The van der Waals surface area contributed by atoms with Crippen molar-refractivity contribution in [2.75, 3.05) is 0 Å². The maximum atomic E-state index is 13.9. The van der Waals surface area contributed by atoms with Crippen molar-refractivity contribution < 1.29 is 4.79 Å². The molecule has 3 aromatic carbocycles. The first kappa shape index (κ1) is 24.4. The molecular formula is C33H34N4O. The van der Waals surface area contributed by atoms with Crippen molar-refractivity contribution in [1.82, 2.24) is 19.6 Å². The van der Waals surface area contributed by atoms with Gasteiger partial charge in [-0.05, 0) is 47.6 Å². The van der Waals surface area contributed by atoms with E-state index in [9.17, 15) is 4.79 Å². The van der Waals surface area contributed by atoms with Crippen molar-refractivity contribution in [3.05, 3.63) is 120 Å². The summed E-state index contributed by atoms with van der Waals surface area (Å²) in [5.74, 6) is 0.00579. The molecule has 38 heavy (non-hydrogen) atoms. The van der Waals surface area contributed by atoms with Gasteiger partial charge in [-0.25, -0.2) is 4.68 Å². The van der Waals surface area contributed by atoms with E-state index < -0.39 is 5.54 Å². The summed E-state index contributed by atoms with van der Waals surface area (Å²) in [4.78, 5) is 13.9. The quantitative estimate of drug-likeness (QED) is 0.232. The maximum absolute atomic E-state index is 13.9. The van der Waals surface area contributed by atoms with E-state index in [4.69, 9.17) is 5.21 Å². The molecule has 0 radical (unpaired) electrons. The molecule has 0 saturated heterocycles. The highest BCUT2D eigenvalue weighted by atomic mass is 16.1. The number of carbonyl (C=O) groups excluding carboxylic acids is 1.